The number of benzene rings is 21. The molecule has 21 aromatic rings. The Balaban J connectivity index is 0.926. The highest BCUT2D eigenvalue weighted by Gasteiger charge is 2.31. The molecular weight excluding hydrogens is 1370 g/mol. The molecule has 0 aromatic heterocycles. The van der Waals surface area contributed by atoms with Gasteiger partial charge in [-0.05, 0) is 281 Å². The standard InChI is InChI=1S/C114H74/c1-11-33-75(34-12-1)89-65-90(76-35-13-2-14-36-76)68-93(67-89)81-57-61-83(62-58-81)102-74-103(97-72-95(79-41-19-5-20-42-79)71-96(73-97)80-43-21-6-22-44-80)104(88-63-59-82(60-64-88)94-69-91(77-37-15-3-16-38-77)66-92(70-94)78-39-17-4-18-40-78)112-99-54-32-56-101-110(99)109-98(111(102)112)53-31-55-100(109)113-107(86-49-27-9-28-50-86)105(84-45-23-7-24-46-84)106(85-47-25-8-26-48-85)108(114(101)113)87-51-29-10-30-52-87/h1-74H. The van der Waals surface area contributed by atoms with Gasteiger partial charge >= 0.3 is 0 Å². The molecule has 21 rings (SSSR count). The van der Waals surface area contributed by atoms with Crippen LogP contribution in [0.4, 0.5) is 0 Å². The largest absolute Gasteiger partial charge is 0.0622 e. The fourth-order valence-corrected chi connectivity index (χ4v) is 18.2. The van der Waals surface area contributed by atoms with E-state index in [0.717, 1.165) is 94.6 Å². The van der Waals surface area contributed by atoms with Gasteiger partial charge in [0, 0.05) is 0 Å². The molecule has 21 aromatic carbocycles. The molecule has 0 aliphatic rings. The molecule has 0 nitrogen and oxygen atoms in total. The number of rotatable bonds is 15. The number of hydrogen-bond donors (Lipinski definition) is 0. The maximum atomic E-state index is 2.57. The molecular formula is C114H74. The highest BCUT2D eigenvalue weighted by Crippen LogP contribution is 2.59. The van der Waals surface area contributed by atoms with Gasteiger partial charge < -0.3 is 0 Å². The van der Waals surface area contributed by atoms with Crippen molar-refractivity contribution < 1.29 is 0 Å². The average Bonchev–Trinajstić information content (AvgIpc) is 0.675. The fourth-order valence-electron chi connectivity index (χ4n) is 18.2. The van der Waals surface area contributed by atoms with Crippen molar-refractivity contribution in [1.29, 1.82) is 0 Å². The van der Waals surface area contributed by atoms with Gasteiger partial charge in [0.2, 0.25) is 0 Å². The zero-order valence-corrected chi connectivity index (χ0v) is 62.7. The lowest BCUT2D eigenvalue weighted by molar-refractivity contribution is 1.55. The lowest BCUT2D eigenvalue weighted by Gasteiger charge is -2.28. The van der Waals surface area contributed by atoms with Gasteiger partial charge in [0.25, 0.3) is 0 Å². The highest BCUT2D eigenvalue weighted by atomic mass is 14.3. The minimum atomic E-state index is 1.12. The first-order chi connectivity index (χ1) is 56.6. The topological polar surface area (TPSA) is 0 Å². The second-order valence-corrected chi connectivity index (χ2v) is 30.0. The molecule has 0 atom stereocenters. The Morgan fingerprint density at radius 2 is 0.281 bits per heavy atom. The predicted molar refractivity (Wildman–Crippen MR) is 487 cm³/mol. The summed E-state index contributed by atoms with van der Waals surface area (Å²) in [6, 6.07) is 168. The Hall–Kier alpha value is -14.8. The quantitative estimate of drug-likeness (QED) is 0.0709. The van der Waals surface area contributed by atoms with Crippen LogP contribution in [-0.2, 0) is 0 Å². The van der Waals surface area contributed by atoms with E-state index in [4.69, 9.17) is 0 Å². The molecule has 0 aliphatic carbocycles. The summed E-state index contributed by atoms with van der Waals surface area (Å²) in [7, 11) is 0. The number of hydrogen-bond acceptors (Lipinski definition) is 0. The Morgan fingerprint density at radius 3 is 0.553 bits per heavy atom. The van der Waals surface area contributed by atoms with E-state index in [1.807, 2.05) is 0 Å². The van der Waals surface area contributed by atoms with E-state index in [1.54, 1.807) is 0 Å². The van der Waals surface area contributed by atoms with Crippen molar-refractivity contribution in [3.05, 3.63) is 449 Å². The van der Waals surface area contributed by atoms with Crippen molar-refractivity contribution in [3.8, 4) is 167 Å². The van der Waals surface area contributed by atoms with Crippen LogP contribution in [0.3, 0.4) is 0 Å². The molecule has 0 N–H and O–H groups in total. The Morgan fingerprint density at radius 1 is 0.0877 bits per heavy atom. The molecule has 0 spiro atoms. The summed E-state index contributed by atoms with van der Waals surface area (Å²) in [4.78, 5) is 0. The van der Waals surface area contributed by atoms with Gasteiger partial charge in [0.15, 0.2) is 0 Å². The summed E-state index contributed by atoms with van der Waals surface area (Å²) >= 11 is 0. The van der Waals surface area contributed by atoms with Gasteiger partial charge in [-0.25, -0.2) is 0 Å². The third-order valence-corrected chi connectivity index (χ3v) is 23.3. The summed E-state index contributed by atoms with van der Waals surface area (Å²) < 4.78 is 0. The van der Waals surface area contributed by atoms with E-state index in [2.05, 4.69) is 449 Å². The van der Waals surface area contributed by atoms with Crippen molar-refractivity contribution in [3.63, 3.8) is 0 Å². The first-order valence-corrected chi connectivity index (χ1v) is 39.5. The van der Waals surface area contributed by atoms with E-state index < -0.39 is 0 Å². The van der Waals surface area contributed by atoms with Gasteiger partial charge in [-0.2, -0.15) is 0 Å². The van der Waals surface area contributed by atoms with Gasteiger partial charge in [0.1, 0.15) is 0 Å². The minimum absolute atomic E-state index is 1.12. The molecule has 0 bridgehead atoms. The molecule has 0 heterocycles. The van der Waals surface area contributed by atoms with Gasteiger partial charge in [-0.1, -0.05) is 388 Å². The fraction of sp³-hybridized carbons (Fsp3) is 0. The van der Waals surface area contributed by atoms with E-state index in [9.17, 15) is 0 Å². The maximum absolute atomic E-state index is 2.57. The van der Waals surface area contributed by atoms with Crippen molar-refractivity contribution in [2.24, 2.45) is 0 Å². The second-order valence-electron chi connectivity index (χ2n) is 30.0. The van der Waals surface area contributed by atoms with Crippen LogP contribution in [0.5, 0.6) is 0 Å². The van der Waals surface area contributed by atoms with Crippen LogP contribution in [0.2, 0.25) is 0 Å². The van der Waals surface area contributed by atoms with Crippen molar-refractivity contribution in [1.82, 2.24) is 0 Å². The second kappa shape index (κ2) is 28.9. The van der Waals surface area contributed by atoms with Crippen molar-refractivity contribution >= 4 is 53.9 Å². The molecule has 0 saturated heterocycles. The van der Waals surface area contributed by atoms with Crippen molar-refractivity contribution in [2.75, 3.05) is 0 Å². The average molecular weight is 1440 g/mol. The monoisotopic (exact) mass is 1440 g/mol. The Bertz CT molecular complexity index is 6960. The summed E-state index contributed by atoms with van der Waals surface area (Å²) in [5.41, 5.74) is 34.9. The molecule has 114 heavy (non-hydrogen) atoms. The molecule has 0 radical (unpaired) electrons. The highest BCUT2D eigenvalue weighted by molar-refractivity contribution is 6.46. The summed E-state index contributed by atoms with van der Waals surface area (Å²) in [5.74, 6) is 0. The predicted octanol–water partition coefficient (Wildman–Crippen LogP) is 31.9. The minimum Gasteiger partial charge on any atom is -0.0622 e. The third-order valence-electron chi connectivity index (χ3n) is 23.3. The van der Waals surface area contributed by atoms with Crippen LogP contribution >= 0.6 is 0 Å². The maximum Gasteiger partial charge on any atom is -0.000718 e. The summed E-state index contributed by atoms with van der Waals surface area (Å²) in [5, 5.41) is 12.1. The Labute approximate surface area is 665 Å². The molecule has 0 heteroatoms. The van der Waals surface area contributed by atoms with Crippen LogP contribution in [0.1, 0.15) is 0 Å². The Kier molecular flexibility index (Phi) is 17.1. The zero-order valence-electron chi connectivity index (χ0n) is 62.7. The van der Waals surface area contributed by atoms with Gasteiger partial charge in [-0.3, -0.25) is 0 Å². The van der Waals surface area contributed by atoms with Crippen LogP contribution in [-0.4, -0.2) is 0 Å². The number of fused-ring (bicyclic) bond motifs is 6. The van der Waals surface area contributed by atoms with Crippen LogP contribution in [0.15, 0.2) is 449 Å². The van der Waals surface area contributed by atoms with Crippen LogP contribution < -0.4 is 0 Å². The first-order valence-electron chi connectivity index (χ1n) is 39.5. The molecule has 0 aliphatic heterocycles. The van der Waals surface area contributed by atoms with E-state index >= 15 is 0 Å². The van der Waals surface area contributed by atoms with Crippen LogP contribution in [0.25, 0.3) is 221 Å². The normalized spacial score (nSPS) is 11.5. The molecule has 0 unspecified atom stereocenters. The summed E-state index contributed by atoms with van der Waals surface area (Å²) in [6.07, 6.45) is 0. The van der Waals surface area contributed by atoms with E-state index in [1.165, 1.54) is 126 Å². The zero-order chi connectivity index (χ0) is 75.4. The lowest BCUT2D eigenvalue weighted by atomic mass is 9.74. The molecule has 0 amide bonds. The molecule has 0 saturated carbocycles. The van der Waals surface area contributed by atoms with E-state index in [-0.39, 0.29) is 0 Å². The first kappa shape index (κ1) is 67.3. The van der Waals surface area contributed by atoms with Gasteiger partial charge in [-0.15, -0.1) is 0 Å². The smallest absolute Gasteiger partial charge is 0.000718 e. The third kappa shape index (κ3) is 12.0. The van der Waals surface area contributed by atoms with E-state index in [0.29, 0.717) is 0 Å². The molecule has 530 valence electrons. The lowest BCUT2D eigenvalue weighted by Crippen LogP contribution is -2.00. The summed E-state index contributed by atoms with van der Waals surface area (Å²) in [6.45, 7) is 0. The van der Waals surface area contributed by atoms with Crippen molar-refractivity contribution in [2.45, 2.75) is 0 Å². The van der Waals surface area contributed by atoms with Gasteiger partial charge in [0.05, 0.1) is 0 Å². The molecule has 0 fully saturated rings. The van der Waals surface area contributed by atoms with Crippen LogP contribution in [0, 0.1) is 0 Å². The SMILES string of the molecule is c1ccc(-c2cc(-c3ccccc3)cc(-c3ccc(-c4cc(-c5cc(-c6ccccc6)cc(-c6ccccc6)c5)c(-c5ccc(-c6cc(-c7ccccc7)cc(-c7ccccc7)c6)cc5)c5c6cccc7c8c(-c9ccccc9)c(-c9ccccc9)c(-c9ccccc9)c(-c9ccccc9)c8c8cccc(c45)c8c67)cc3)c2)cc1.